The maximum atomic E-state index is 4.70. The van der Waals surface area contributed by atoms with E-state index in [-0.39, 0.29) is 0 Å². The van der Waals surface area contributed by atoms with Crippen LogP contribution in [0.25, 0.3) is 28.5 Å². The third-order valence-corrected chi connectivity index (χ3v) is 5.62. The van der Waals surface area contributed by atoms with Gasteiger partial charge in [-0.3, -0.25) is 15.0 Å². The molecular formula is C27H24N4. The molecule has 0 aliphatic carbocycles. The minimum absolute atomic E-state index is 0.861. The number of rotatable bonds is 4. The Kier molecular flexibility index (Phi) is 5.04. The van der Waals surface area contributed by atoms with Crippen LogP contribution >= 0.6 is 0 Å². The van der Waals surface area contributed by atoms with Crippen molar-refractivity contribution in [3.8, 4) is 22.4 Å². The summed E-state index contributed by atoms with van der Waals surface area (Å²) in [6, 6.07) is 19.2. The van der Waals surface area contributed by atoms with Crippen molar-refractivity contribution in [3.05, 3.63) is 107 Å². The van der Waals surface area contributed by atoms with Crippen LogP contribution in [0.4, 0.5) is 0 Å². The van der Waals surface area contributed by atoms with Gasteiger partial charge >= 0.3 is 0 Å². The number of benzene rings is 1. The monoisotopic (exact) mass is 404 g/mol. The van der Waals surface area contributed by atoms with E-state index in [2.05, 4.69) is 75.7 Å². The molecule has 152 valence electrons. The van der Waals surface area contributed by atoms with Crippen molar-refractivity contribution in [1.82, 2.24) is 19.9 Å². The van der Waals surface area contributed by atoms with Crippen molar-refractivity contribution < 1.29 is 0 Å². The van der Waals surface area contributed by atoms with Crippen LogP contribution in [0.1, 0.15) is 28.1 Å². The van der Waals surface area contributed by atoms with E-state index in [9.17, 15) is 0 Å². The third-order valence-electron chi connectivity index (χ3n) is 5.62. The molecule has 4 heteroatoms. The van der Waals surface area contributed by atoms with Gasteiger partial charge in [-0.25, -0.2) is 0 Å². The predicted molar refractivity (Wildman–Crippen MR) is 125 cm³/mol. The Morgan fingerprint density at radius 3 is 2.23 bits per heavy atom. The molecule has 5 rings (SSSR count). The number of fused-ring (bicyclic) bond motifs is 1. The topological polar surface area (TPSA) is 41.9 Å². The van der Waals surface area contributed by atoms with Crippen LogP contribution in [0.5, 0.6) is 0 Å². The number of hydrogen-bond acceptors (Lipinski definition) is 4. The van der Waals surface area contributed by atoms with E-state index in [1.54, 1.807) is 0 Å². The molecule has 0 fully saturated rings. The standard InChI is InChI=1S/C27H24N4/c1-19-13-23(7-10-28-19)22-5-3-21(4-6-22)17-31-12-9-24-15-27(30-16-26(24)18-31)25-8-11-29-20(2)14-25/h3-16H,17-18H2,1-2H3. The second-order valence-corrected chi connectivity index (χ2v) is 8.06. The Labute approximate surface area is 183 Å². The van der Waals surface area contributed by atoms with Crippen molar-refractivity contribution in [2.75, 3.05) is 0 Å². The Bertz CT molecular complexity index is 1260. The molecule has 4 aromatic rings. The molecule has 4 nitrogen and oxygen atoms in total. The Hall–Kier alpha value is -3.79. The van der Waals surface area contributed by atoms with Crippen LogP contribution in [0.15, 0.2) is 79.4 Å². The summed E-state index contributed by atoms with van der Waals surface area (Å²) >= 11 is 0. The minimum atomic E-state index is 0.861. The quantitative estimate of drug-likeness (QED) is 0.430. The van der Waals surface area contributed by atoms with Gasteiger partial charge in [0.05, 0.1) is 5.69 Å². The zero-order valence-electron chi connectivity index (χ0n) is 17.8. The molecule has 0 N–H and O–H groups in total. The van der Waals surface area contributed by atoms with E-state index < -0.39 is 0 Å². The van der Waals surface area contributed by atoms with Crippen LogP contribution in [0, 0.1) is 13.8 Å². The van der Waals surface area contributed by atoms with E-state index in [4.69, 9.17) is 4.98 Å². The lowest BCUT2D eigenvalue weighted by molar-refractivity contribution is 0.359. The van der Waals surface area contributed by atoms with Crippen molar-refractivity contribution in [2.45, 2.75) is 26.9 Å². The van der Waals surface area contributed by atoms with E-state index in [1.165, 1.54) is 27.8 Å². The molecule has 1 aliphatic rings. The molecule has 0 bridgehead atoms. The number of pyridine rings is 3. The highest BCUT2D eigenvalue weighted by Crippen LogP contribution is 2.26. The Balaban J connectivity index is 1.30. The summed E-state index contributed by atoms with van der Waals surface area (Å²) in [7, 11) is 0. The first kappa shape index (κ1) is 19.2. The number of nitrogens with zero attached hydrogens (tertiary/aromatic N) is 4. The highest BCUT2D eigenvalue weighted by molar-refractivity contribution is 5.66. The fraction of sp³-hybridized carbons (Fsp3) is 0.148. The lowest BCUT2D eigenvalue weighted by Crippen LogP contribution is -2.19. The summed E-state index contributed by atoms with van der Waals surface area (Å²) in [5.41, 5.74) is 10.3. The first-order chi connectivity index (χ1) is 15.1. The summed E-state index contributed by atoms with van der Waals surface area (Å²) in [5.74, 6) is 0. The highest BCUT2D eigenvalue weighted by atomic mass is 15.1. The predicted octanol–water partition coefficient (Wildman–Crippen LogP) is 5.81. The molecule has 0 saturated carbocycles. The van der Waals surface area contributed by atoms with Gasteiger partial charge < -0.3 is 4.90 Å². The molecule has 4 heterocycles. The Morgan fingerprint density at radius 1 is 0.774 bits per heavy atom. The summed E-state index contributed by atoms with van der Waals surface area (Å²) in [6.07, 6.45) is 10.1. The van der Waals surface area contributed by atoms with Gasteiger partial charge in [-0.2, -0.15) is 0 Å². The molecule has 0 radical (unpaired) electrons. The minimum Gasteiger partial charge on any atom is -0.369 e. The van der Waals surface area contributed by atoms with E-state index in [1.807, 2.05) is 38.5 Å². The second-order valence-electron chi connectivity index (χ2n) is 8.06. The second kappa shape index (κ2) is 8.15. The summed E-state index contributed by atoms with van der Waals surface area (Å²) in [6.45, 7) is 5.76. The fourth-order valence-electron chi connectivity index (χ4n) is 3.98. The lowest BCUT2D eigenvalue weighted by atomic mass is 10.0. The van der Waals surface area contributed by atoms with Gasteiger partial charge in [-0.1, -0.05) is 24.3 Å². The molecule has 0 amide bonds. The Morgan fingerprint density at radius 2 is 1.48 bits per heavy atom. The van der Waals surface area contributed by atoms with Crippen LogP contribution in [0.2, 0.25) is 0 Å². The van der Waals surface area contributed by atoms with Gasteiger partial charge in [0.15, 0.2) is 0 Å². The van der Waals surface area contributed by atoms with Gasteiger partial charge in [0.1, 0.15) is 0 Å². The van der Waals surface area contributed by atoms with Crippen molar-refractivity contribution >= 4 is 6.08 Å². The number of aromatic nitrogens is 3. The molecule has 0 saturated heterocycles. The first-order valence-electron chi connectivity index (χ1n) is 10.5. The van der Waals surface area contributed by atoms with E-state index >= 15 is 0 Å². The zero-order valence-corrected chi connectivity index (χ0v) is 17.8. The first-order valence-corrected chi connectivity index (χ1v) is 10.5. The molecule has 31 heavy (non-hydrogen) atoms. The molecule has 1 aliphatic heterocycles. The molecule has 0 atom stereocenters. The van der Waals surface area contributed by atoms with Gasteiger partial charge in [-0.05, 0) is 78.1 Å². The molecular weight excluding hydrogens is 380 g/mol. The average Bonchev–Trinajstić information content (AvgIpc) is 2.79. The summed E-state index contributed by atoms with van der Waals surface area (Å²) in [4.78, 5) is 15.6. The molecule has 1 aromatic carbocycles. The van der Waals surface area contributed by atoms with E-state index in [0.717, 1.165) is 35.7 Å². The SMILES string of the molecule is Cc1cc(-c2ccc(CN3C=Cc4cc(-c5ccnc(C)c5)ncc4C3)cc2)ccn1. The highest BCUT2D eigenvalue weighted by Gasteiger charge is 2.13. The van der Waals surface area contributed by atoms with Crippen LogP contribution in [-0.4, -0.2) is 19.9 Å². The van der Waals surface area contributed by atoms with Crippen LogP contribution in [-0.2, 0) is 13.1 Å². The maximum Gasteiger partial charge on any atom is 0.0709 e. The average molecular weight is 405 g/mol. The smallest absolute Gasteiger partial charge is 0.0709 e. The fourth-order valence-corrected chi connectivity index (χ4v) is 3.98. The van der Waals surface area contributed by atoms with Gasteiger partial charge in [-0.15, -0.1) is 0 Å². The van der Waals surface area contributed by atoms with Crippen molar-refractivity contribution in [3.63, 3.8) is 0 Å². The van der Waals surface area contributed by atoms with Crippen molar-refractivity contribution in [1.29, 1.82) is 0 Å². The number of aryl methyl sites for hydroxylation is 2. The van der Waals surface area contributed by atoms with Gasteiger partial charge in [0.25, 0.3) is 0 Å². The molecule has 0 unspecified atom stereocenters. The molecule has 3 aromatic heterocycles. The summed E-state index contributed by atoms with van der Waals surface area (Å²) in [5, 5.41) is 0. The van der Waals surface area contributed by atoms with Crippen LogP contribution < -0.4 is 0 Å². The van der Waals surface area contributed by atoms with Gasteiger partial charge in [0, 0.05) is 54.8 Å². The molecule has 0 spiro atoms. The van der Waals surface area contributed by atoms with Gasteiger partial charge in [0.2, 0.25) is 0 Å². The van der Waals surface area contributed by atoms with E-state index in [0.29, 0.717) is 0 Å². The van der Waals surface area contributed by atoms with Crippen LogP contribution in [0.3, 0.4) is 0 Å². The lowest BCUT2D eigenvalue weighted by Gasteiger charge is -2.25. The normalized spacial score (nSPS) is 12.6. The van der Waals surface area contributed by atoms with Crippen molar-refractivity contribution in [2.24, 2.45) is 0 Å². The largest absolute Gasteiger partial charge is 0.369 e. The summed E-state index contributed by atoms with van der Waals surface area (Å²) < 4.78 is 0. The third kappa shape index (κ3) is 4.24. The zero-order chi connectivity index (χ0) is 21.2. The maximum absolute atomic E-state index is 4.70. The number of hydrogen-bond donors (Lipinski definition) is 0.